The summed E-state index contributed by atoms with van der Waals surface area (Å²) in [7, 11) is 0. The molecule has 0 saturated heterocycles. The molecule has 3 N–H and O–H groups in total. The van der Waals surface area contributed by atoms with Crippen LogP contribution in [0, 0.1) is 5.82 Å². The van der Waals surface area contributed by atoms with Crippen molar-refractivity contribution in [2.75, 3.05) is 11.1 Å². The maximum Gasteiger partial charge on any atom is 0.296 e. The molecular formula is C8H5FN2O2. The summed E-state index contributed by atoms with van der Waals surface area (Å²) in [6.07, 6.45) is 0. The largest absolute Gasteiger partial charge is 0.399 e. The molecular weight excluding hydrogens is 175 g/mol. The fraction of sp³-hybridized carbons (Fsp3) is 0. The summed E-state index contributed by atoms with van der Waals surface area (Å²) in [6, 6.07) is 2.33. The van der Waals surface area contributed by atoms with Crippen LogP contribution in [0.2, 0.25) is 0 Å². The molecule has 1 aliphatic rings. The van der Waals surface area contributed by atoms with Crippen LogP contribution in [0.1, 0.15) is 10.4 Å². The molecule has 2 rings (SSSR count). The molecule has 66 valence electrons. The molecule has 0 unspecified atom stereocenters. The number of carbonyl (C=O) groups excluding carboxylic acids is 2. The lowest BCUT2D eigenvalue weighted by atomic mass is 10.1. The van der Waals surface area contributed by atoms with E-state index >= 15 is 0 Å². The number of ketones is 1. The predicted octanol–water partition coefficient (Wildman–Crippen LogP) is 0.543. The van der Waals surface area contributed by atoms with Gasteiger partial charge in [-0.25, -0.2) is 4.39 Å². The summed E-state index contributed by atoms with van der Waals surface area (Å²) in [5, 5.41) is 2.12. The standard InChI is InChI=1S/C8H5FN2O2/c9-5-2-3(10)1-4-6(5)11-8(13)7(4)12/h1-2H,10H2,(H,11,12,13). The monoisotopic (exact) mass is 180 g/mol. The molecule has 1 amide bonds. The average molecular weight is 180 g/mol. The van der Waals surface area contributed by atoms with Crippen molar-refractivity contribution in [3.63, 3.8) is 0 Å². The number of Topliss-reactive ketones (excluding diaryl/α,β-unsaturated/α-hetero) is 1. The highest BCUT2D eigenvalue weighted by atomic mass is 19.1. The van der Waals surface area contributed by atoms with E-state index in [9.17, 15) is 14.0 Å². The number of nitrogen functional groups attached to an aromatic ring is 1. The van der Waals surface area contributed by atoms with E-state index in [1.54, 1.807) is 0 Å². The third kappa shape index (κ3) is 0.970. The number of benzene rings is 1. The minimum atomic E-state index is -0.820. The molecule has 0 aliphatic carbocycles. The molecule has 1 heterocycles. The summed E-state index contributed by atoms with van der Waals surface area (Å²) < 4.78 is 13.1. The van der Waals surface area contributed by atoms with Gasteiger partial charge in [0.25, 0.3) is 11.7 Å². The fourth-order valence-electron chi connectivity index (χ4n) is 1.23. The lowest BCUT2D eigenvalue weighted by molar-refractivity contribution is -0.112. The van der Waals surface area contributed by atoms with E-state index in [4.69, 9.17) is 5.73 Å². The van der Waals surface area contributed by atoms with Gasteiger partial charge in [-0.15, -0.1) is 0 Å². The summed E-state index contributed by atoms with van der Waals surface area (Å²) in [6.45, 7) is 0. The first-order valence-corrected chi connectivity index (χ1v) is 3.54. The van der Waals surface area contributed by atoms with E-state index in [1.807, 2.05) is 0 Å². The number of halogens is 1. The highest BCUT2D eigenvalue weighted by Gasteiger charge is 2.30. The Kier molecular flexibility index (Phi) is 1.36. The van der Waals surface area contributed by atoms with Gasteiger partial charge in [-0.1, -0.05) is 0 Å². The Hall–Kier alpha value is -1.91. The number of rotatable bonds is 0. The zero-order chi connectivity index (χ0) is 9.59. The maximum atomic E-state index is 13.1. The van der Waals surface area contributed by atoms with Gasteiger partial charge in [0.15, 0.2) is 0 Å². The van der Waals surface area contributed by atoms with Crippen LogP contribution in [0.15, 0.2) is 12.1 Å². The van der Waals surface area contributed by atoms with Crippen LogP contribution in [-0.4, -0.2) is 11.7 Å². The quantitative estimate of drug-likeness (QED) is 0.452. The van der Waals surface area contributed by atoms with E-state index < -0.39 is 17.5 Å². The molecule has 0 saturated carbocycles. The van der Waals surface area contributed by atoms with E-state index in [1.165, 1.54) is 6.07 Å². The van der Waals surface area contributed by atoms with Gasteiger partial charge in [-0.3, -0.25) is 9.59 Å². The number of amides is 1. The van der Waals surface area contributed by atoms with Gasteiger partial charge in [-0.2, -0.15) is 0 Å². The van der Waals surface area contributed by atoms with Gasteiger partial charge in [0.1, 0.15) is 5.82 Å². The van der Waals surface area contributed by atoms with E-state index in [2.05, 4.69) is 5.32 Å². The third-order valence-electron chi connectivity index (χ3n) is 1.80. The van der Waals surface area contributed by atoms with E-state index in [0.717, 1.165) is 6.07 Å². The molecule has 1 aliphatic heterocycles. The molecule has 0 aromatic heterocycles. The molecule has 0 atom stereocenters. The highest BCUT2D eigenvalue weighted by Crippen LogP contribution is 2.28. The minimum Gasteiger partial charge on any atom is -0.399 e. The number of hydrogen-bond acceptors (Lipinski definition) is 3. The zero-order valence-electron chi connectivity index (χ0n) is 6.43. The Morgan fingerprint density at radius 2 is 2.00 bits per heavy atom. The summed E-state index contributed by atoms with van der Waals surface area (Å²) in [4.78, 5) is 21.9. The van der Waals surface area contributed by atoms with Gasteiger partial charge >= 0.3 is 0 Å². The lowest BCUT2D eigenvalue weighted by Gasteiger charge is -1.99. The van der Waals surface area contributed by atoms with Crippen molar-refractivity contribution in [2.24, 2.45) is 0 Å². The number of anilines is 2. The maximum absolute atomic E-state index is 13.1. The number of nitrogens with two attached hydrogens (primary N) is 1. The Balaban J connectivity index is 2.70. The summed E-state index contributed by atoms with van der Waals surface area (Å²) in [5.41, 5.74) is 5.36. The van der Waals surface area contributed by atoms with Crippen molar-refractivity contribution >= 4 is 23.1 Å². The third-order valence-corrected chi connectivity index (χ3v) is 1.80. The van der Waals surface area contributed by atoms with Crippen LogP contribution in [0.25, 0.3) is 0 Å². The number of carbonyl (C=O) groups is 2. The van der Waals surface area contributed by atoms with Crippen molar-refractivity contribution in [3.05, 3.63) is 23.5 Å². The van der Waals surface area contributed by atoms with Crippen LogP contribution >= 0.6 is 0 Å². The van der Waals surface area contributed by atoms with Crippen LogP contribution in [0.4, 0.5) is 15.8 Å². The topological polar surface area (TPSA) is 72.2 Å². The Bertz CT molecular complexity index is 428. The first-order chi connectivity index (χ1) is 6.09. The molecule has 0 radical (unpaired) electrons. The predicted molar refractivity (Wildman–Crippen MR) is 43.8 cm³/mol. The van der Waals surface area contributed by atoms with E-state index in [-0.39, 0.29) is 16.9 Å². The molecule has 5 heteroatoms. The Labute approximate surface area is 72.5 Å². The smallest absolute Gasteiger partial charge is 0.296 e. The number of fused-ring (bicyclic) bond motifs is 1. The van der Waals surface area contributed by atoms with Gasteiger partial charge in [-0.05, 0) is 12.1 Å². The first-order valence-electron chi connectivity index (χ1n) is 3.54. The Morgan fingerprint density at radius 1 is 1.31 bits per heavy atom. The SMILES string of the molecule is Nc1cc(F)c2c(c1)C(=O)C(=O)N2. The molecule has 0 bridgehead atoms. The average Bonchev–Trinajstić information content (AvgIpc) is 2.32. The number of hydrogen-bond donors (Lipinski definition) is 2. The van der Waals surface area contributed by atoms with Crippen LogP contribution in [0.5, 0.6) is 0 Å². The molecule has 13 heavy (non-hydrogen) atoms. The second kappa shape index (κ2) is 2.29. The summed E-state index contributed by atoms with van der Waals surface area (Å²) >= 11 is 0. The molecule has 0 spiro atoms. The molecule has 4 nitrogen and oxygen atoms in total. The van der Waals surface area contributed by atoms with Gasteiger partial charge in [0.05, 0.1) is 11.3 Å². The van der Waals surface area contributed by atoms with Gasteiger partial charge in [0, 0.05) is 5.69 Å². The molecule has 1 aromatic carbocycles. The lowest BCUT2D eigenvalue weighted by Crippen LogP contribution is -2.12. The summed E-state index contributed by atoms with van der Waals surface area (Å²) in [5.74, 6) is -2.25. The second-order valence-corrected chi connectivity index (χ2v) is 2.71. The van der Waals surface area contributed by atoms with Crippen LogP contribution < -0.4 is 11.1 Å². The van der Waals surface area contributed by atoms with Crippen molar-refractivity contribution in [2.45, 2.75) is 0 Å². The van der Waals surface area contributed by atoms with Crippen molar-refractivity contribution in [3.8, 4) is 0 Å². The fourth-order valence-corrected chi connectivity index (χ4v) is 1.23. The van der Waals surface area contributed by atoms with Crippen molar-refractivity contribution in [1.29, 1.82) is 0 Å². The van der Waals surface area contributed by atoms with Gasteiger partial charge < -0.3 is 11.1 Å². The van der Waals surface area contributed by atoms with Crippen molar-refractivity contribution in [1.82, 2.24) is 0 Å². The zero-order valence-corrected chi connectivity index (χ0v) is 6.43. The second-order valence-electron chi connectivity index (χ2n) is 2.71. The van der Waals surface area contributed by atoms with E-state index in [0.29, 0.717) is 0 Å². The molecule has 1 aromatic rings. The highest BCUT2D eigenvalue weighted by molar-refractivity contribution is 6.51. The van der Waals surface area contributed by atoms with Gasteiger partial charge in [0.2, 0.25) is 0 Å². The van der Waals surface area contributed by atoms with Crippen LogP contribution in [-0.2, 0) is 4.79 Å². The molecule has 0 fully saturated rings. The number of nitrogens with one attached hydrogen (secondary N) is 1. The first kappa shape index (κ1) is 7.72. The van der Waals surface area contributed by atoms with Crippen LogP contribution in [0.3, 0.4) is 0 Å². The van der Waals surface area contributed by atoms with Crippen molar-refractivity contribution < 1.29 is 14.0 Å². The normalized spacial score (nSPS) is 14.2. The Morgan fingerprint density at radius 3 is 2.69 bits per heavy atom. The minimum absolute atomic E-state index is 0.00231.